The average molecular weight is 198 g/mol. The maximum absolute atomic E-state index is 11.5. The van der Waals surface area contributed by atoms with Crippen LogP contribution in [0, 0.1) is 20.8 Å². The summed E-state index contributed by atoms with van der Waals surface area (Å²) in [5.74, 6) is 0.501. The van der Waals surface area contributed by atoms with E-state index >= 15 is 0 Å². The topological polar surface area (TPSA) is 43.4 Å². The zero-order valence-electron chi connectivity index (χ0n) is 7.71. The molecule has 1 aliphatic rings. The lowest BCUT2D eigenvalue weighted by Gasteiger charge is -1.99. The highest BCUT2D eigenvalue weighted by Crippen LogP contribution is 2.39. The smallest absolute Gasteiger partial charge is 0.339 e. The summed E-state index contributed by atoms with van der Waals surface area (Å²) in [4.78, 5) is 0.341. The highest BCUT2D eigenvalue weighted by atomic mass is 32.2. The first-order valence-corrected chi connectivity index (χ1v) is 5.39. The zero-order chi connectivity index (χ0) is 9.80. The van der Waals surface area contributed by atoms with E-state index in [4.69, 9.17) is 4.18 Å². The zero-order valence-corrected chi connectivity index (χ0v) is 8.53. The van der Waals surface area contributed by atoms with Gasteiger partial charge in [-0.1, -0.05) is 6.07 Å². The summed E-state index contributed by atoms with van der Waals surface area (Å²) in [6.45, 7) is 5.40. The van der Waals surface area contributed by atoms with Crippen molar-refractivity contribution in [2.24, 2.45) is 0 Å². The number of hydrogen-bond acceptors (Lipinski definition) is 3. The Balaban J connectivity index is 2.93. The molecule has 1 heterocycles. The van der Waals surface area contributed by atoms with E-state index in [0.29, 0.717) is 10.6 Å². The molecule has 0 aliphatic carbocycles. The summed E-state index contributed by atoms with van der Waals surface area (Å²) < 4.78 is 27.8. The van der Waals surface area contributed by atoms with E-state index in [-0.39, 0.29) is 0 Å². The van der Waals surface area contributed by atoms with Gasteiger partial charge in [-0.15, -0.1) is 0 Å². The molecule has 3 nitrogen and oxygen atoms in total. The third kappa shape index (κ3) is 0.983. The first kappa shape index (κ1) is 8.56. The number of benzene rings is 1. The van der Waals surface area contributed by atoms with E-state index in [0.717, 1.165) is 16.7 Å². The summed E-state index contributed by atoms with van der Waals surface area (Å²) in [7, 11) is -3.50. The second-order valence-electron chi connectivity index (χ2n) is 3.33. The molecule has 1 aromatic rings. The normalized spacial score (nSPS) is 17.2. The van der Waals surface area contributed by atoms with Crippen LogP contribution < -0.4 is 4.18 Å². The molecular weight excluding hydrogens is 188 g/mol. The van der Waals surface area contributed by atoms with Crippen LogP contribution in [0.15, 0.2) is 11.0 Å². The molecule has 4 heteroatoms. The molecule has 13 heavy (non-hydrogen) atoms. The summed E-state index contributed by atoms with van der Waals surface area (Å²) in [5.41, 5.74) is 2.37. The van der Waals surface area contributed by atoms with E-state index < -0.39 is 10.1 Å². The van der Waals surface area contributed by atoms with Gasteiger partial charge in [-0.25, -0.2) is 0 Å². The number of rotatable bonds is 0. The van der Waals surface area contributed by atoms with Crippen molar-refractivity contribution in [2.45, 2.75) is 25.7 Å². The average Bonchev–Trinajstić information content (AvgIpc) is 2.14. The monoisotopic (exact) mass is 198 g/mol. The molecule has 0 saturated carbocycles. The molecule has 2 bridgehead atoms. The largest absolute Gasteiger partial charge is 0.378 e. The summed E-state index contributed by atoms with van der Waals surface area (Å²) in [5, 5.41) is 0. The van der Waals surface area contributed by atoms with Crippen LogP contribution >= 0.6 is 0 Å². The van der Waals surface area contributed by atoms with Crippen LogP contribution in [-0.4, -0.2) is 8.42 Å². The molecule has 0 atom stereocenters. The molecule has 0 aromatic heterocycles. The van der Waals surface area contributed by atoms with Crippen molar-refractivity contribution in [1.82, 2.24) is 0 Å². The molecule has 0 unspecified atom stereocenters. The van der Waals surface area contributed by atoms with Crippen LogP contribution in [0.1, 0.15) is 16.7 Å². The van der Waals surface area contributed by atoms with E-state index in [2.05, 4.69) is 0 Å². The molecular formula is C9H10O3S. The van der Waals surface area contributed by atoms with E-state index in [9.17, 15) is 8.42 Å². The van der Waals surface area contributed by atoms with Crippen LogP contribution in [0.4, 0.5) is 0 Å². The fourth-order valence-electron chi connectivity index (χ4n) is 1.81. The molecule has 0 spiro atoms. The minimum atomic E-state index is -3.50. The summed E-state index contributed by atoms with van der Waals surface area (Å²) in [6.07, 6.45) is 0. The van der Waals surface area contributed by atoms with E-state index in [1.165, 1.54) is 0 Å². The molecule has 0 radical (unpaired) electrons. The third-order valence-corrected chi connectivity index (χ3v) is 3.79. The predicted molar refractivity (Wildman–Crippen MR) is 48.5 cm³/mol. The van der Waals surface area contributed by atoms with Gasteiger partial charge in [0.05, 0.1) is 0 Å². The highest BCUT2D eigenvalue weighted by molar-refractivity contribution is 7.87. The summed E-state index contributed by atoms with van der Waals surface area (Å²) in [6, 6.07) is 1.84. The van der Waals surface area contributed by atoms with Crippen LogP contribution in [0.2, 0.25) is 0 Å². The maximum atomic E-state index is 11.5. The van der Waals surface area contributed by atoms with Crippen molar-refractivity contribution in [3.05, 3.63) is 22.8 Å². The fraction of sp³-hybridized carbons (Fsp3) is 0.333. The molecule has 0 fully saturated rings. The predicted octanol–water partition coefficient (Wildman–Crippen LogP) is 1.69. The molecule has 1 aromatic carbocycles. The van der Waals surface area contributed by atoms with Gasteiger partial charge in [-0.2, -0.15) is 8.42 Å². The maximum Gasteiger partial charge on any atom is 0.339 e. The minimum Gasteiger partial charge on any atom is -0.378 e. The van der Waals surface area contributed by atoms with Gasteiger partial charge >= 0.3 is 10.1 Å². The minimum absolute atomic E-state index is 0.341. The fourth-order valence-corrected chi connectivity index (χ4v) is 3.29. The van der Waals surface area contributed by atoms with Crippen molar-refractivity contribution >= 4 is 10.1 Å². The Morgan fingerprint density at radius 2 is 1.77 bits per heavy atom. The van der Waals surface area contributed by atoms with Crippen LogP contribution in [0.25, 0.3) is 0 Å². The lowest BCUT2D eigenvalue weighted by Crippen LogP contribution is -2.03. The third-order valence-electron chi connectivity index (χ3n) is 2.27. The van der Waals surface area contributed by atoms with Gasteiger partial charge in [0.2, 0.25) is 0 Å². The van der Waals surface area contributed by atoms with Crippen molar-refractivity contribution in [2.75, 3.05) is 0 Å². The highest BCUT2D eigenvalue weighted by Gasteiger charge is 2.32. The lowest BCUT2D eigenvalue weighted by molar-refractivity contribution is 0.497. The first-order chi connectivity index (χ1) is 5.93. The quantitative estimate of drug-likeness (QED) is 0.596. The Kier molecular flexibility index (Phi) is 1.49. The van der Waals surface area contributed by atoms with Crippen LogP contribution in [0.5, 0.6) is 5.75 Å². The second-order valence-corrected chi connectivity index (χ2v) is 4.81. The van der Waals surface area contributed by atoms with Gasteiger partial charge in [-0.05, 0) is 31.9 Å². The lowest BCUT2D eigenvalue weighted by atomic mass is 10.1. The Bertz CT molecular complexity index is 486. The number of fused-ring (bicyclic) bond motifs is 2. The molecule has 0 saturated heterocycles. The SMILES string of the molecule is Cc1cc(C)c2c(C)c1OS2(=O)=O. The summed E-state index contributed by atoms with van der Waals surface area (Å²) >= 11 is 0. The van der Waals surface area contributed by atoms with Crippen LogP contribution in [0.3, 0.4) is 0 Å². The second kappa shape index (κ2) is 2.26. The van der Waals surface area contributed by atoms with E-state index in [1.807, 2.05) is 13.0 Å². The molecule has 70 valence electrons. The molecule has 1 aliphatic heterocycles. The molecule has 0 amide bonds. The first-order valence-electron chi connectivity index (χ1n) is 3.99. The van der Waals surface area contributed by atoms with Gasteiger partial charge < -0.3 is 4.18 Å². The van der Waals surface area contributed by atoms with Gasteiger partial charge in [0, 0.05) is 5.56 Å². The van der Waals surface area contributed by atoms with Crippen LogP contribution in [-0.2, 0) is 10.1 Å². The Morgan fingerprint density at radius 3 is 2.38 bits per heavy atom. The number of hydrogen-bond donors (Lipinski definition) is 0. The van der Waals surface area contributed by atoms with Gasteiger partial charge in [0.15, 0.2) is 0 Å². The van der Waals surface area contributed by atoms with Gasteiger partial charge in [0.25, 0.3) is 0 Å². The number of aryl methyl sites for hydroxylation is 2. The van der Waals surface area contributed by atoms with Gasteiger partial charge in [0.1, 0.15) is 10.6 Å². The Labute approximate surface area is 77.5 Å². The van der Waals surface area contributed by atoms with Crippen molar-refractivity contribution in [3.8, 4) is 5.75 Å². The van der Waals surface area contributed by atoms with Crippen molar-refractivity contribution in [1.29, 1.82) is 0 Å². The van der Waals surface area contributed by atoms with Crippen molar-refractivity contribution < 1.29 is 12.6 Å². The Morgan fingerprint density at radius 1 is 1.15 bits per heavy atom. The van der Waals surface area contributed by atoms with Gasteiger partial charge in [-0.3, -0.25) is 0 Å². The molecule has 0 N–H and O–H groups in total. The molecule has 2 rings (SSSR count). The van der Waals surface area contributed by atoms with E-state index in [1.54, 1.807) is 13.8 Å². The van der Waals surface area contributed by atoms with Crippen molar-refractivity contribution in [3.63, 3.8) is 0 Å². The Hall–Kier alpha value is -1.03. The standard InChI is InChI=1S/C9H10O3S/c1-5-4-6(2)9-7(3)8(5)12-13(9,10)11/h4H,1-3H3.